The predicted molar refractivity (Wildman–Crippen MR) is 89.1 cm³/mol. The van der Waals surface area contributed by atoms with Gasteiger partial charge in [0.05, 0.1) is 25.2 Å². The molecule has 0 aromatic heterocycles. The molecule has 8 nitrogen and oxygen atoms in total. The summed E-state index contributed by atoms with van der Waals surface area (Å²) in [6.07, 6.45) is 4.52. The van der Waals surface area contributed by atoms with Gasteiger partial charge in [-0.3, -0.25) is 0 Å². The van der Waals surface area contributed by atoms with Crippen molar-refractivity contribution in [2.45, 2.75) is 40.5 Å². The van der Waals surface area contributed by atoms with E-state index in [4.69, 9.17) is 0 Å². The molecule has 0 bridgehead atoms. The smallest absolute Gasteiger partial charge is 0.545 e. The minimum absolute atomic E-state index is 0. The van der Waals surface area contributed by atoms with E-state index < -0.39 is 23.9 Å². The summed E-state index contributed by atoms with van der Waals surface area (Å²) in [4.78, 5) is 41.2. The third kappa shape index (κ3) is 29.3. The van der Waals surface area contributed by atoms with Gasteiger partial charge in [0.1, 0.15) is 0 Å². The minimum atomic E-state index is -1.40. The molecule has 0 rings (SSSR count). The first-order chi connectivity index (χ1) is 12.0. The molecule has 0 radical (unpaired) electrons. The van der Waals surface area contributed by atoms with Crippen LogP contribution >= 0.6 is 0 Å². The molecule has 0 amide bonds. The molecular weight excluding hydrogens is 457 g/mol. The van der Waals surface area contributed by atoms with Crippen molar-refractivity contribution in [2.75, 3.05) is 13.2 Å². The molecule has 0 saturated heterocycles. The van der Waals surface area contributed by atoms with E-state index in [-0.39, 0.29) is 27.3 Å². The quantitative estimate of drug-likeness (QED) is 0.237. The Bertz CT molecular complexity index is 463. The average Bonchev–Trinajstić information content (AvgIpc) is 2.51. The molecular formula is C18H26CdO8. The third-order valence-corrected chi connectivity index (χ3v) is 2.59. The van der Waals surface area contributed by atoms with Crippen LogP contribution in [0.5, 0.6) is 0 Å². The normalized spacial score (nSPS) is 10.3. The Morgan fingerprint density at radius 2 is 1.00 bits per heavy atom. The number of rotatable bonds is 10. The average molecular weight is 483 g/mol. The molecule has 0 saturated carbocycles. The van der Waals surface area contributed by atoms with E-state index in [1.165, 1.54) is 0 Å². The van der Waals surface area contributed by atoms with Crippen molar-refractivity contribution in [3.63, 3.8) is 0 Å². The molecule has 0 aliphatic carbocycles. The molecule has 148 valence electrons. The number of carboxylic acid groups (broad SMARTS) is 2. The summed E-state index contributed by atoms with van der Waals surface area (Å²) in [5, 5.41) is 19.8. The largest absolute Gasteiger partial charge is 2.00 e. The standard InChI is InChI=1S/2C9H14O4.Cd/c2*1-7(2)5-6-13-9(12)4-3-8(10)11;/h2*3-4,7H,5-6H2,1-2H3,(H,10,11);/q;;+2/p-2/b2*4-3-;. The fraction of sp³-hybridized carbons (Fsp3) is 0.556. The zero-order valence-electron chi connectivity index (χ0n) is 16.3. The number of ether oxygens (including phenoxy) is 2. The maximum Gasteiger partial charge on any atom is 2.00 e. The van der Waals surface area contributed by atoms with Crippen LogP contribution < -0.4 is 10.2 Å². The summed E-state index contributed by atoms with van der Waals surface area (Å²) in [5.74, 6) is -3.19. The number of hydrogen-bond acceptors (Lipinski definition) is 8. The van der Waals surface area contributed by atoms with Crippen molar-refractivity contribution in [1.82, 2.24) is 0 Å². The van der Waals surface area contributed by atoms with Crippen LogP contribution in [0.2, 0.25) is 0 Å². The van der Waals surface area contributed by atoms with Crippen LogP contribution in [0.4, 0.5) is 0 Å². The van der Waals surface area contributed by atoms with Gasteiger partial charge in [-0.1, -0.05) is 27.7 Å². The number of esters is 2. The second-order valence-corrected chi connectivity index (χ2v) is 6.00. The summed E-state index contributed by atoms with van der Waals surface area (Å²) in [7, 11) is 0. The van der Waals surface area contributed by atoms with Crippen LogP contribution in [-0.4, -0.2) is 37.1 Å². The van der Waals surface area contributed by atoms with Crippen molar-refractivity contribution in [3.05, 3.63) is 24.3 Å². The number of hydrogen-bond donors (Lipinski definition) is 0. The zero-order chi connectivity index (χ0) is 20.5. The van der Waals surface area contributed by atoms with E-state index in [0.717, 1.165) is 25.0 Å². The van der Waals surface area contributed by atoms with Crippen LogP contribution in [-0.2, 0) is 56.0 Å². The van der Waals surface area contributed by atoms with Gasteiger partial charge in [0.15, 0.2) is 0 Å². The van der Waals surface area contributed by atoms with E-state index in [1.54, 1.807) is 0 Å². The van der Waals surface area contributed by atoms with Gasteiger partial charge in [0, 0.05) is 12.2 Å². The molecule has 0 N–H and O–H groups in total. The summed E-state index contributed by atoms with van der Waals surface area (Å²) in [5.41, 5.74) is 0. The maximum atomic E-state index is 10.7. The molecule has 0 unspecified atom stereocenters. The van der Waals surface area contributed by atoms with E-state index >= 15 is 0 Å². The molecule has 0 spiro atoms. The molecule has 9 heteroatoms. The van der Waals surface area contributed by atoms with E-state index in [2.05, 4.69) is 9.47 Å². The van der Waals surface area contributed by atoms with Gasteiger partial charge < -0.3 is 29.3 Å². The third-order valence-electron chi connectivity index (χ3n) is 2.59. The van der Waals surface area contributed by atoms with Gasteiger partial charge >= 0.3 is 39.2 Å². The molecule has 0 aliphatic rings. The number of carbonyl (C=O) groups is 4. The second-order valence-electron chi connectivity index (χ2n) is 6.00. The van der Waals surface area contributed by atoms with Crippen molar-refractivity contribution in [1.29, 1.82) is 0 Å². The summed E-state index contributed by atoms with van der Waals surface area (Å²) in [6, 6.07) is 0. The molecule has 27 heavy (non-hydrogen) atoms. The van der Waals surface area contributed by atoms with Crippen LogP contribution in [0.1, 0.15) is 40.5 Å². The van der Waals surface area contributed by atoms with Crippen LogP contribution in [0.3, 0.4) is 0 Å². The Hall–Kier alpha value is -1.72. The summed E-state index contributed by atoms with van der Waals surface area (Å²) in [6.45, 7) is 8.65. The van der Waals surface area contributed by atoms with Gasteiger partial charge in [-0.15, -0.1) is 0 Å². The molecule has 0 atom stereocenters. The van der Waals surface area contributed by atoms with Gasteiger partial charge in [-0.2, -0.15) is 0 Å². The Balaban J connectivity index is -0.000000411. The van der Waals surface area contributed by atoms with Gasteiger partial charge in [0.2, 0.25) is 0 Å². The topological polar surface area (TPSA) is 133 Å². The molecule has 0 heterocycles. The Morgan fingerprint density at radius 1 is 0.704 bits per heavy atom. The van der Waals surface area contributed by atoms with E-state index in [9.17, 15) is 29.4 Å². The van der Waals surface area contributed by atoms with Crippen molar-refractivity contribution in [3.8, 4) is 0 Å². The van der Waals surface area contributed by atoms with Crippen molar-refractivity contribution in [2.24, 2.45) is 11.8 Å². The molecule has 0 aliphatic heterocycles. The number of aliphatic carboxylic acids is 2. The van der Waals surface area contributed by atoms with Crippen molar-refractivity contribution < 1.29 is 66.2 Å². The second kappa shape index (κ2) is 19.1. The number of carbonyl (C=O) groups excluding carboxylic acids is 4. The molecule has 0 aromatic rings. The molecule has 0 aromatic carbocycles. The number of carboxylic acids is 2. The zero-order valence-corrected chi connectivity index (χ0v) is 20.3. The van der Waals surface area contributed by atoms with Gasteiger partial charge in [-0.05, 0) is 36.8 Å². The first kappa shape index (κ1) is 30.0. The monoisotopic (exact) mass is 484 g/mol. The predicted octanol–water partition coefficient (Wildman–Crippen LogP) is -0.239. The van der Waals surface area contributed by atoms with Crippen molar-refractivity contribution >= 4 is 23.9 Å². The summed E-state index contributed by atoms with van der Waals surface area (Å²) < 4.78 is 9.37. The summed E-state index contributed by atoms with van der Waals surface area (Å²) >= 11 is 0. The first-order valence-corrected chi connectivity index (χ1v) is 8.16. The Labute approximate surface area is 179 Å². The first-order valence-electron chi connectivity index (χ1n) is 8.16. The van der Waals surface area contributed by atoms with Crippen LogP contribution in [0.15, 0.2) is 24.3 Å². The van der Waals surface area contributed by atoms with Gasteiger partial charge in [0.25, 0.3) is 0 Å². The van der Waals surface area contributed by atoms with Crippen LogP contribution in [0.25, 0.3) is 0 Å². The fourth-order valence-electron chi connectivity index (χ4n) is 1.16. The maximum absolute atomic E-state index is 10.7. The van der Waals surface area contributed by atoms with E-state index in [1.807, 2.05) is 27.7 Å². The van der Waals surface area contributed by atoms with Gasteiger partial charge in [-0.25, -0.2) is 9.59 Å². The van der Waals surface area contributed by atoms with E-state index in [0.29, 0.717) is 37.2 Å². The Kier molecular flexibility index (Phi) is 21.2. The minimum Gasteiger partial charge on any atom is -0.545 e. The fourth-order valence-corrected chi connectivity index (χ4v) is 1.16. The molecule has 0 fully saturated rings. The van der Waals surface area contributed by atoms with Crippen LogP contribution in [0, 0.1) is 11.8 Å². The Morgan fingerprint density at radius 3 is 1.22 bits per heavy atom. The SMILES string of the molecule is CC(C)CCOC(=O)/C=C\C(=O)[O-].CC(C)CCOC(=O)/C=C\C(=O)[O-].[Cd+2].